The van der Waals surface area contributed by atoms with Crippen molar-refractivity contribution in [3.63, 3.8) is 0 Å². The second kappa shape index (κ2) is 7.33. The minimum Gasteiger partial charge on any atom is -0.283 e. The second-order valence-corrected chi connectivity index (χ2v) is 7.21. The topological polar surface area (TPSA) is 71.5 Å². The molecule has 0 aliphatic carbocycles. The van der Waals surface area contributed by atoms with Crippen molar-refractivity contribution in [1.82, 2.24) is 0 Å². The van der Waals surface area contributed by atoms with Crippen molar-refractivity contribution in [3.8, 4) is 0 Å². The number of benzene rings is 3. The zero-order valence-corrected chi connectivity index (χ0v) is 14.5. The van der Waals surface area contributed by atoms with Crippen molar-refractivity contribution < 1.29 is 18.0 Å². The number of hydrogen-bond acceptors (Lipinski definition) is 4. The van der Waals surface area contributed by atoms with Crippen LogP contribution in [0, 0.1) is 0 Å². The van der Waals surface area contributed by atoms with Gasteiger partial charge in [0.05, 0.1) is 10.6 Å². The van der Waals surface area contributed by atoms with E-state index in [2.05, 4.69) is 0 Å². The highest BCUT2D eigenvalue weighted by Gasteiger charge is 2.35. The molecule has 130 valence electrons. The fourth-order valence-electron chi connectivity index (χ4n) is 2.43. The molecular formula is C20H15NO4S. The molecule has 0 saturated carbocycles. The monoisotopic (exact) mass is 365 g/mol. The summed E-state index contributed by atoms with van der Waals surface area (Å²) in [6.07, 6.45) is 0. The van der Waals surface area contributed by atoms with Gasteiger partial charge in [-0.2, -0.15) is 4.31 Å². The minimum atomic E-state index is -4.24. The van der Waals surface area contributed by atoms with Crippen LogP contribution in [0.2, 0.25) is 0 Å². The van der Waals surface area contributed by atoms with Crippen LogP contribution in [0.15, 0.2) is 95.9 Å². The van der Waals surface area contributed by atoms with Gasteiger partial charge in [0.25, 0.3) is 15.8 Å². The number of carbonyl (C=O) groups excluding carboxylic acids is 2. The van der Waals surface area contributed by atoms with Gasteiger partial charge in [-0.3, -0.25) is 9.59 Å². The molecule has 0 atom stereocenters. The summed E-state index contributed by atoms with van der Waals surface area (Å²) in [7, 11) is -4.24. The average Bonchev–Trinajstić information content (AvgIpc) is 2.69. The maximum absolute atomic E-state index is 13.1. The molecule has 0 bridgehead atoms. The molecule has 0 saturated heterocycles. The van der Waals surface area contributed by atoms with Crippen molar-refractivity contribution in [2.75, 3.05) is 4.31 Å². The Morgan fingerprint density at radius 1 is 0.654 bits per heavy atom. The van der Waals surface area contributed by atoms with E-state index in [4.69, 9.17) is 0 Å². The normalized spacial score (nSPS) is 10.9. The zero-order chi connectivity index (χ0) is 18.6. The molecule has 0 unspecified atom stereocenters. The van der Waals surface area contributed by atoms with E-state index in [0.29, 0.717) is 4.31 Å². The third kappa shape index (κ3) is 3.41. The summed E-state index contributed by atoms with van der Waals surface area (Å²) in [6.45, 7) is 0. The van der Waals surface area contributed by atoms with E-state index in [0.717, 1.165) is 0 Å². The van der Waals surface area contributed by atoms with Gasteiger partial charge in [-0.05, 0) is 24.3 Å². The molecule has 0 fully saturated rings. The fourth-order valence-corrected chi connectivity index (χ4v) is 3.84. The quantitative estimate of drug-likeness (QED) is 0.514. The van der Waals surface area contributed by atoms with E-state index in [1.54, 1.807) is 54.6 Å². The highest BCUT2D eigenvalue weighted by Crippen LogP contribution is 2.24. The van der Waals surface area contributed by atoms with Crippen LogP contribution in [0.1, 0.15) is 10.4 Å². The summed E-state index contributed by atoms with van der Waals surface area (Å²) < 4.78 is 26.7. The molecule has 5 nitrogen and oxygen atoms in total. The van der Waals surface area contributed by atoms with E-state index in [9.17, 15) is 18.0 Å². The van der Waals surface area contributed by atoms with Crippen LogP contribution in [-0.2, 0) is 14.8 Å². The van der Waals surface area contributed by atoms with E-state index >= 15 is 0 Å². The average molecular weight is 365 g/mol. The van der Waals surface area contributed by atoms with Gasteiger partial charge in [0.1, 0.15) is 0 Å². The van der Waals surface area contributed by atoms with Gasteiger partial charge in [0.2, 0.25) is 0 Å². The lowest BCUT2D eigenvalue weighted by Gasteiger charge is -2.22. The highest BCUT2D eigenvalue weighted by atomic mass is 32.2. The smallest absolute Gasteiger partial charge is 0.283 e. The van der Waals surface area contributed by atoms with Crippen molar-refractivity contribution in [2.45, 2.75) is 4.90 Å². The molecule has 3 rings (SSSR count). The van der Waals surface area contributed by atoms with Crippen molar-refractivity contribution in [1.29, 1.82) is 0 Å². The standard InChI is InChI=1S/C20H15NO4S/c22-19(16-10-4-1-5-11-16)20(23)21(17-12-6-2-7-13-17)26(24,25)18-14-8-3-9-15-18/h1-15H. The lowest BCUT2D eigenvalue weighted by molar-refractivity contribution is -0.113. The van der Waals surface area contributed by atoms with Crippen molar-refractivity contribution in [3.05, 3.63) is 96.6 Å². The van der Waals surface area contributed by atoms with E-state index in [-0.39, 0.29) is 16.1 Å². The molecule has 0 radical (unpaired) electrons. The number of hydrogen-bond donors (Lipinski definition) is 0. The molecule has 0 aliphatic heterocycles. The van der Waals surface area contributed by atoms with Gasteiger partial charge < -0.3 is 0 Å². The third-order valence-corrected chi connectivity index (χ3v) is 5.41. The van der Waals surface area contributed by atoms with E-state index in [1.807, 2.05) is 0 Å². The van der Waals surface area contributed by atoms with Crippen LogP contribution < -0.4 is 4.31 Å². The molecule has 0 N–H and O–H groups in total. The Balaban J connectivity index is 2.11. The predicted molar refractivity (Wildman–Crippen MR) is 98.3 cm³/mol. The van der Waals surface area contributed by atoms with Gasteiger partial charge in [-0.1, -0.05) is 66.7 Å². The first-order valence-electron chi connectivity index (χ1n) is 7.81. The largest absolute Gasteiger partial charge is 0.313 e. The van der Waals surface area contributed by atoms with Crippen molar-refractivity contribution >= 4 is 27.4 Å². The maximum Gasteiger partial charge on any atom is 0.313 e. The number of carbonyl (C=O) groups is 2. The summed E-state index contributed by atoms with van der Waals surface area (Å²) >= 11 is 0. The number of anilines is 1. The lowest BCUT2D eigenvalue weighted by atomic mass is 10.1. The third-order valence-electron chi connectivity index (χ3n) is 3.69. The van der Waals surface area contributed by atoms with Crippen LogP contribution in [0.4, 0.5) is 5.69 Å². The summed E-state index contributed by atoms with van der Waals surface area (Å²) in [5, 5.41) is 0. The molecule has 0 spiro atoms. The maximum atomic E-state index is 13.1. The molecule has 1 amide bonds. The number of rotatable bonds is 5. The van der Waals surface area contributed by atoms with E-state index in [1.165, 1.54) is 36.4 Å². The zero-order valence-electron chi connectivity index (χ0n) is 13.6. The minimum absolute atomic E-state index is 0.0712. The van der Waals surface area contributed by atoms with Crippen LogP contribution >= 0.6 is 0 Å². The van der Waals surface area contributed by atoms with Crippen LogP contribution in [0.3, 0.4) is 0 Å². The second-order valence-electron chi connectivity index (χ2n) is 5.42. The van der Waals surface area contributed by atoms with Gasteiger partial charge in [0.15, 0.2) is 0 Å². The Morgan fingerprint density at radius 3 is 1.65 bits per heavy atom. The molecule has 6 heteroatoms. The Hall–Kier alpha value is -3.25. The fraction of sp³-hybridized carbons (Fsp3) is 0. The number of ketones is 1. The number of amides is 1. The summed E-state index contributed by atoms with van der Waals surface area (Å²) in [6, 6.07) is 23.2. The van der Waals surface area contributed by atoms with Crippen LogP contribution in [0.5, 0.6) is 0 Å². The van der Waals surface area contributed by atoms with Gasteiger partial charge in [-0.15, -0.1) is 0 Å². The Kier molecular flexibility index (Phi) is 4.95. The molecule has 0 aromatic heterocycles. The molecule has 3 aromatic rings. The van der Waals surface area contributed by atoms with E-state index < -0.39 is 21.7 Å². The van der Waals surface area contributed by atoms with Gasteiger partial charge >= 0.3 is 5.91 Å². The number of sulfonamides is 1. The first-order chi connectivity index (χ1) is 12.5. The number of nitrogens with zero attached hydrogens (tertiary/aromatic N) is 1. The summed E-state index contributed by atoms with van der Waals surface area (Å²) in [4.78, 5) is 25.4. The SMILES string of the molecule is O=C(C(=O)N(c1ccccc1)S(=O)(=O)c1ccccc1)c1ccccc1. The Morgan fingerprint density at radius 2 is 1.12 bits per heavy atom. The molecule has 0 heterocycles. The molecule has 26 heavy (non-hydrogen) atoms. The highest BCUT2D eigenvalue weighted by molar-refractivity contribution is 7.93. The molecular weight excluding hydrogens is 350 g/mol. The number of Topliss-reactive ketones (excluding diaryl/α,β-unsaturated/α-hetero) is 1. The summed E-state index contributed by atoms with van der Waals surface area (Å²) in [5.41, 5.74) is 0.229. The van der Waals surface area contributed by atoms with Crippen LogP contribution in [0.25, 0.3) is 0 Å². The van der Waals surface area contributed by atoms with Gasteiger partial charge in [0, 0.05) is 5.56 Å². The Labute approximate surface area is 151 Å². The lowest BCUT2D eigenvalue weighted by Crippen LogP contribution is -2.41. The number of para-hydroxylation sites is 1. The first-order valence-corrected chi connectivity index (χ1v) is 9.25. The summed E-state index contributed by atoms with van der Waals surface area (Å²) in [5.74, 6) is -2.03. The molecule has 3 aromatic carbocycles. The van der Waals surface area contributed by atoms with Crippen LogP contribution in [-0.4, -0.2) is 20.1 Å². The Bertz CT molecular complexity index is 1020. The van der Waals surface area contributed by atoms with Crippen molar-refractivity contribution in [2.24, 2.45) is 0 Å². The molecule has 0 aliphatic rings. The predicted octanol–water partition coefficient (Wildman–Crippen LogP) is 3.29. The first kappa shape index (κ1) is 17.6. The van der Waals surface area contributed by atoms with Gasteiger partial charge in [-0.25, -0.2) is 8.42 Å².